The standard InChI is InChI=1S/C13H16N4O3/c1-13(2)11(19)16-10(18)7-17(13)12(20)15-9-5-3-8(14)4-6-9/h3-6H,7,14H2,1-2H3,(H,15,20)(H,16,18,19). The second-order valence-electron chi connectivity index (χ2n) is 5.07. The fraction of sp³-hybridized carbons (Fsp3) is 0.308. The number of nitrogens with two attached hydrogens (primary N) is 1. The number of anilines is 2. The molecule has 1 saturated heterocycles. The molecule has 0 radical (unpaired) electrons. The van der Waals surface area contributed by atoms with Gasteiger partial charge in [-0.1, -0.05) is 0 Å². The smallest absolute Gasteiger partial charge is 0.323 e. The Labute approximate surface area is 116 Å². The molecule has 1 aromatic rings. The normalized spacial score (nSPS) is 17.6. The van der Waals surface area contributed by atoms with Crippen molar-refractivity contribution >= 4 is 29.2 Å². The Kier molecular flexibility index (Phi) is 3.35. The van der Waals surface area contributed by atoms with Gasteiger partial charge in [0.15, 0.2) is 0 Å². The van der Waals surface area contributed by atoms with Gasteiger partial charge in [0.25, 0.3) is 5.91 Å². The van der Waals surface area contributed by atoms with Crippen LogP contribution >= 0.6 is 0 Å². The molecule has 0 atom stereocenters. The first-order valence-electron chi connectivity index (χ1n) is 6.09. The summed E-state index contributed by atoms with van der Waals surface area (Å²) in [6.07, 6.45) is 0. The summed E-state index contributed by atoms with van der Waals surface area (Å²) in [6.45, 7) is 2.99. The predicted molar refractivity (Wildman–Crippen MR) is 73.8 cm³/mol. The fourth-order valence-corrected chi connectivity index (χ4v) is 1.87. The van der Waals surface area contributed by atoms with Crippen molar-refractivity contribution in [3.63, 3.8) is 0 Å². The van der Waals surface area contributed by atoms with E-state index in [1.807, 2.05) is 0 Å². The summed E-state index contributed by atoms with van der Waals surface area (Å²) < 4.78 is 0. The van der Waals surface area contributed by atoms with Gasteiger partial charge in [-0.05, 0) is 38.1 Å². The number of hydrogen-bond donors (Lipinski definition) is 3. The zero-order valence-corrected chi connectivity index (χ0v) is 11.3. The number of imide groups is 1. The SMILES string of the molecule is CC1(C)C(=O)NC(=O)CN1C(=O)Nc1ccc(N)cc1. The summed E-state index contributed by atoms with van der Waals surface area (Å²) >= 11 is 0. The second kappa shape index (κ2) is 4.84. The van der Waals surface area contributed by atoms with E-state index in [0.717, 1.165) is 0 Å². The van der Waals surface area contributed by atoms with E-state index in [4.69, 9.17) is 5.73 Å². The summed E-state index contributed by atoms with van der Waals surface area (Å²) in [5, 5.41) is 4.84. The van der Waals surface area contributed by atoms with Crippen molar-refractivity contribution in [2.75, 3.05) is 17.6 Å². The number of carbonyl (C=O) groups excluding carboxylic acids is 3. The molecule has 20 heavy (non-hydrogen) atoms. The van der Waals surface area contributed by atoms with Gasteiger partial charge in [-0.2, -0.15) is 0 Å². The molecule has 0 unspecified atom stereocenters. The van der Waals surface area contributed by atoms with Gasteiger partial charge >= 0.3 is 6.03 Å². The van der Waals surface area contributed by atoms with Crippen LogP contribution in [0.1, 0.15) is 13.8 Å². The van der Waals surface area contributed by atoms with Gasteiger partial charge in [0.2, 0.25) is 5.91 Å². The molecule has 1 aromatic carbocycles. The second-order valence-corrected chi connectivity index (χ2v) is 5.07. The minimum Gasteiger partial charge on any atom is -0.399 e. The van der Waals surface area contributed by atoms with Crippen LogP contribution in [-0.4, -0.2) is 34.8 Å². The van der Waals surface area contributed by atoms with E-state index in [1.54, 1.807) is 38.1 Å². The highest BCUT2D eigenvalue weighted by atomic mass is 16.2. The molecule has 0 bridgehead atoms. The first-order chi connectivity index (χ1) is 9.30. The number of piperazine rings is 1. The molecule has 1 aliphatic heterocycles. The summed E-state index contributed by atoms with van der Waals surface area (Å²) in [5.41, 5.74) is 5.59. The lowest BCUT2D eigenvalue weighted by molar-refractivity contribution is -0.142. The van der Waals surface area contributed by atoms with Crippen molar-refractivity contribution < 1.29 is 14.4 Å². The largest absolute Gasteiger partial charge is 0.399 e. The highest BCUT2D eigenvalue weighted by Crippen LogP contribution is 2.20. The maximum atomic E-state index is 12.2. The van der Waals surface area contributed by atoms with Crippen LogP contribution in [0.2, 0.25) is 0 Å². The number of nitrogens with one attached hydrogen (secondary N) is 2. The summed E-state index contributed by atoms with van der Waals surface area (Å²) in [7, 11) is 0. The molecule has 4 amide bonds. The molecule has 0 spiro atoms. The minimum absolute atomic E-state index is 0.167. The van der Waals surface area contributed by atoms with Gasteiger partial charge in [0, 0.05) is 11.4 Å². The number of carbonyl (C=O) groups is 3. The number of benzene rings is 1. The fourth-order valence-electron chi connectivity index (χ4n) is 1.87. The van der Waals surface area contributed by atoms with Gasteiger partial charge in [-0.15, -0.1) is 0 Å². The Balaban J connectivity index is 2.16. The predicted octanol–water partition coefficient (Wildman–Crippen LogP) is 0.538. The van der Waals surface area contributed by atoms with E-state index in [0.29, 0.717) is 11.4 Å². The van der Waals surface area contributed by atoms with Crippen LogP contribution in [0.4, 0.5) is 16.2 Å². The highest BCUT2D eigenvalue weighted by molar-refractivity contribution is 6.07. The molecule has 0 aliphatic carbocycles. The van der Waals surface area contributed by atoms with Crippen LogP contribution in [0, 0.1) is 0 Å². The Morgan fingerprint density at radius 1 is 1.30 bits per heavy atom. The molecular formula is C13H16N4O3. The molecule has 1 heterocycles. The Morgan fingerprint density at radius 2 is 1.90 bits per heavy atom. The number of amides is 4. The molecule has 0 saturated carbocycles. The Morgan fingerprint density at radius 3 is 2.50 bits per heavy atom. The number of rotatable bonds is 1. The molecule has 7 heteroatoms. The quantitative estimate of drug-likeness (QED) is 0.514. The summed E-state index contributed by atoms with van der Waals surface area (Å²) in [4.78, 5) is 36.6. The van der Waals surface area contributed by atoms with E-state index in [1.165, 1.54) is 4.90 Å². The third-order valence-electron chi connectivity index (χ3n) is 3.19. The van der Waals surface area contributed by atoms with Crippen LogP contribution in [0.3, 0.4) is 0 Å². The Hall–Kier alpha value is -2.57. The average Bonchev–Trinajstić information content (AvgIpc) is 2.37. The third-order valence-corrected chi connectivity index (χ3v) is 3.19. The van der Waals surface area contributed by atoms with Crippen molar-refractivity contribution in [3.05, 3.63) is 24.3 Å². The maximum Gasteiger partial charge on any atom is 0.323 e. The first-order valence-corrected chi connectivity index (χ1v) is 6.09. The minimum atomic E-state index is -1.09. The van der Waals surface area contributed by atoms with Gasteiger partial charge in [0.05, 0.1) is 0 Å². The molecule has 7 nitrogen and oxygen atoms in total. The average molecular weight is 276 g/mol. The molecular weight excluding hydrogens is 260 g/mol. The molecule has 1 aliphatic rings. The Bertz CT molecular complexity index is 565. The number of nitrogen functional groups attached to an aromatic ring is 1. The van der Waals surface area contributed by atoms with Crippen LogP contribution < -0.4 is 16.4 Å². The van der Waals surface area contributed by atoms with Crippen molar-refractivity contribution in [2.45, 2.75) is 19.4 Å². The molecule has 0 aromatic heterocycles. The van der Waals surface area contributed by atoms with Crippen LogP contribution in [0.25, 0.3) is 0 Å². The van der Waals surface area contributed by atoms with Crippen molar-refractivity contribution in [1.29, 1.82) is 0 Å². The van der Waals surface area contributed by atoms with Gasteiger partial charge in [-0.25, -0.2) is 4.79 Å². The lowest BCUT2D eigenvalue weighted by Gasteiger charge is -2.39. The van der Waals surface area contributed by atoms with E-state index < -0.39 is 23.4 Å². The van der Waals surface area contributed by atoms with Crippen molar-refractivity contribution in [1.82, 2.24) is 10.2 Å². The third kappa shape index (κ3) is 2.56. The summed E-state index contributed by atoms with van der Waals surface area (Å²) in [6, 6.07) is 6.07. The number of urea groups is 1. The highest BCUT2D eigenvalue weighted by Gasteiger charge is 2.43. The van der Waals surface area contributed by atoms with Gasteiger partial charge in [0.1, 0.15) is 12.1 Å². The molecule has 1 fully saturated rings. The first kappa shape index (κ1) is 13.9. The van der Waals surface area contributed by atoms with Crippen molar-refractivity contribution in [3.8, 4) is 0 Å². The number of nitrogens with zero attached hydrogens (tertiary/aromatic N) is 1. The zero-order valence-electron chi connectivity index (χ0n) is 11.3. The number of hydrogen-bond acceptors (Lipinski definition) is 4. The lowest BCUT2D eigenvalue weighted by Crippen LogP contribution is -2.66. The monoisotopic (exact) mass is 276 g/mol. The van der Waals surface area contributed by atoms with Crippen molar-refractivity contribution in [2.24, 2.45) is 0 Å². The maximum absolute atomic E-state index is 12.2. The van der Waals surface area contributed by atoms with Crippen LogP contribution in [-0.2, 0) is 9.59 Å². The van der Waals surface area contributed by atoms with Crippen LogP contribution in [0.15, 0.2) is 24.3 Å². The molecule has 2 rings (SSSR count). The molecule has 4 N–H and O–H groups in total. The molecule has 106 valence electrons. The van der Waals surface area contributed by atoms with E-state index >= 15 is 0 Å². The van der Waals surface area contributed by atoms with E-state index in [2.05, 4.69) is 10.6 Å². The topological polar surface area (TPSA) is 105 Å². The van der Waals surface area contributed by atoms with Gasteiger partial charge < -0.3 is 16.0 Å². The lowest BCUT2D eigenvalue weighted by atomic mass is 9.99. The summed E-state index contributed by atoms with van der Waals surface area (Å²) in [5.74, 6) is -0.997. The van der Waals surface area contributed by atoms with Gasteiger partial charge in [-0.3, -0.25) is 14.9 Å². The van der Waals surface area contributed by atoms with E-state index in [-0.39, 0.29) is 6.54 Å². The zero-order chi connectivity index (χ0) is 14.9. The van der Waals surface area contributed by atoms with E-state index in [9.17, 15) is 14.4 Å². The van der Waals surface area contributed by atoms with Crippen LogP contribution in [0.5, 0.6) is 0 Å².